The van der Waals surface area contributed by atoms with Crippen LogP contribution in [-0.2, 0) is 23.6 Å². The molecule has 0 atom stereocenters. The van der Waals surface area contributed by atoms with Gasteiger partial charge in [0, 0.05) is 25.0 Å². The maximum Gasteiger partial charge on any atom is 0.329 e. The van der Waals surface area contributed by atoms with Gasteiger partial charge < -0.3 is 0 Å². The average Bonchev–Trinajstić information content (AvgIpc) is 3.29. The lowest BCUT2D eigenvalue weighted by atomic mass is 10.2. The summed E-state index contributed by atoms with van der Waals surface area (Å²) < 4.78 is 31.1. The van der Waals surface area contributed by atoms with Crippen molar-refractivity contribution in [2.24, 2.45) is 7.05 Å². The second-order valence-corrected chi connectivity index (χ2v) is 8.79. The molecule has 1 saturated carbocycles. The molecule has 0 aliphatic heterocycles. The van der Waals surface area contributed by atoms with Gasteiger partial charge in [-0.1, -0.05) is 6.07 Å². The van der Waals surface area contributed by atoms with Crippen molar-refractivity contribution in [2.75, 3.05) is 0 Å². The van der Waals surface area contributed by atoms with Crippen LogP contribution in [0.15, 0.2) is 52.4 Å². The van der Waals surface area contributed by atoms with Crippen molar-refractivity contribution in [1.29, 1.82) is 0 Å². The lowest BCUT2D eigenvalue weighted by Gasteiger charge is -2.12. The smallest absolute Gasteiger partial charge is 0.295 e. The summed E-state index contributed by atoms with van der Waals surface area (Å²) in [7, 11) is -1.96. The van der Waals surface area contributed by atoms with Gasteiger partial charge in [0.05, 0.1) is 22.5 Å². The van der Waals surface area contributed by atoms with E-state index in [1.165, 1.54) is 4.57 Å². The molecule has 0 bridgehead atoms. The number of aryl methyl sites for hydroxylation is 1. The second-order valence-electron chi connectivity index (χ2n) is 7.11. The van der Waals surface area contributed by atoms with Crippen molar-refractivity contribution >= 4 is 21.1 Å². The molecule has 1 aliphatic carbocycles. The van der Waals surface area contributed by atoms with Gasteiger partial charge in [-0.3, -0.25) is 14.1 Å². The lowest BCUT2D eigenvalue weighted by Crippen LogP contribution is -2.34. The van der Waals surface area contributed by atoms with Crippen LogP contribution in [-0.4, -0.2) is 28.1 Å². The number of nitrogens with zero attached hydrogens (tertiary/aromatic N) is 3. The Labute approximate surface area is 151 Å². The van der Waals surface area contributed by atoms with Gasteiger partial charge in [-0.25, -0.2) is 17.9 Å². The molecule has 1 aromatic carbocycles. The van der Waals surface area contributed by atoms with Gasteiger partial charge >= 0.3 is 5.69 Å². The van der Waals surface area contributed by atoms with Crippen LogP contribution in [0.4, 0.5) is 0 Å². The minimum Gasteiger partial charge on any atom is -0.295 e. The first-order chi connectivity index (χ1) is 12.3. The largest absolute Gasteiger partial charge is 0.329 e. The Bertz CT molecular complexity index is 1140. The molecular weight excluding hydrogens is 352 g/mol. The first-order valence-electron chi connectivity index (χ1n) is 8.41. The highest BCUT2D eigenvalue weighted by Crippen LogP contribution is 2.36. The van der Waals surface area contributed by atoms with E-state index in [1.807, 2.05) is 19.1 Å². The second kappa shape index (κ2) is 5.78. The SMILES string of the molecule is Cn1c(=O)n(Cc2cccnc2)c2ccc(S(=O)(=O)NC3(C)CC3)cc21. The summed E-state index contributed by atoms with van der Waals surface area (Å²) in [6.45, 7) is 2.27. The molecule has 136 valence electrons. The van der Waals surface area contributed by atoms with Crippen molar-refractivity contribution < 1.29 is 8.42 Å². The third kappa shape index (κ3) is 2.95. The van der Waals surface area contributed by atoms with E-state index in [0.29, 0.717) is 17.6 Å². The lowest BCUT2D eigenvalue weighted by molar-refractivity contribution is 0.558. The van der Waals surface area contributed by atoms with E-state index < -0.39 is 10.0 Å². The fourth-order valence-corrected chi connectivity index (χ4v) is 4.54. The van der Waals surface area contributed by atoms with Gasteiger partial charge in [-0.15, -0.1) is 0 Å². The Balaban J connectivity index is 1.78. The fourth-order valence-electron chi connectivity index (χ4n) is 3.05. The molecule has 7 nitrogen and oxygen atoms in total. The van der Waals surface area contributed by atoms with Crippen molar-refractivity contribution in [1.82, 2.24) is 18.8 Å². The Kier molecular flexibility index (Phi) is 3.78. The monoisotopic (exact) mass is 372 g/mol. The predicted octanol–water partition coefficient (Wildman–Crippen LogP) is 1.61. The number of aromatic nitrogens is 3. The Hall–Kier alpha value is -2.45. The zero-order chi connectivity index (χ0) is 18.5. The number of rotatable bonds is 5. The van der Waals surface area contributed by atoms with Gasteiger partial charge in [-0.05, 0) is 49.6 Å². The van der Waals surface area contributed by atoms with Gasteiger partial charge in [0.25, 0.3) is 0 Å². The molecule has 0 unspecified atom stereocenters. The number of benzene rings is 1. The summed E-state index contributed by atoms with van der Waals surface area (Å²) in [6, 6.07) is 8.52. The highest BCUT2D eigenvalue weighted by atomic mass is 32.2. The predicted molar refractivity (Wildman–Crippen MR) is 98.5 cm³/mol. The molecule has 2 aromatic heterocycles. The quantitative estimate of drug-likeness (QED) is 0.737. The number of sulfonamides is 1. The molecule has 1 fully saturated rings. The van der Waals surface area contributed by atoms with Gasteiger partial charge in [0.15, 0.2) is 0 Å². The third-order valence-electron chi connectivity index (χ3n) is 4.87. The molecule has 1 aliphatic rings. The average molecular weight is 372 g/mol. The minimum absolute atomic E-state index is 0.173. The van der Waals surface area contributed by atoms with Crippen LogP contribution < -0.4 is 10.4 Å². The number of hydrogen-bond donors (Lipinski definition) is 1. The zero-order valence-electron chi connectivity index (χ0n) is 14.6. The van der Waals surface area contributed by atoms with Crippen LogP contribution in [0.1, 0.15) is 25.3 Å². The number of fused-ring (bicyclic) bond motifs is 1. The summed E-state index contributed by atoms with van der Waals surface area (Å²) in [6.07, 6.45) is 5.08. The summed E-state index contributed by atoms with van der Waals surface area (Å²) >= 11 is 0. The minimum atomic E-state index is -3.61. The van der Waals surface area contributed by atoms with Gasteiger partial charge in [0.2, 0.25) is 10.0 Å². The number of pyridine rings is 1. The van der Waals surface area contributed by atoms with Crippen molar-refractivity contribution in [3.63, 3.8) is 0 Å². The molecule has 0 spiro atoms. The topological polar surface area (TPSA) is 86.0 Å². The number of nitrogens with one attached hydrogen (secondary N) is 1. The summed E-state index contributed by atoms with van der Waals surface area (Å²) in [5.41, 5.74) is 1.65. The Morgan fingerprint density at radius 1 is 1.23 bits per heavy atom. The molecule has 3 aromatic rings. The molecule has 26 heavy (non-hydrogen) atoms. The molecule has 1 N–H and O–H groups in total. The van der Waals surface area contributed by atoms with Gasteiger partial charge in [-0.2, -0.15) is 0 Å². The van der Waals surface area contributed by atoms with Crippen LogP contribution in [0.25, 0.3) is 11.0 Å². The van der Waals surface area contributed by atoms with E-state index in [9.17, 15) is 13.2 Å². The van der Waals surface area contributed by atoms with Crippen molar-refractivity contribution in [2.45, 2.75) is 36.7 Å². The fraction of sp³-hybridized carbons (Fsp3) is 0.333. The van der Waals surface area contributed by atoms with Crippen LogP contribution in [0, 0.1) is 0 Å². The molecule has 0 saturated heterocycles. The van der Waals surface area contributed by atoms with Crippen LogP contribution in [0.2, 0.25) is 0 Å². The highest BCUT2D eigenvalue weighted by molar-refractivity contribution is 7.89. The van der Waals surface area contributed by atoms with E-state index in [1.54, 1.807) is 42.2 Å². The summed E-state index contributed by atoms with van der Waals surface area (Å²) in [4.78, 5) is 16.9. The maximum absolute atomic E-state index is 12.6. The van der Waals surface area contributed by atoms with E-state index >= 15 is 0 Å². The molecular formula is C18H20N4O3S. The third-order valence-corrected chi connectivity index (χ3v) is 6.51. The van der Waals surface area contributed by atoms with Crippen molar-refractivity contribution in [3.05, 3.63) is 58.8 Å². The van der Waals surface area contributed by atoms with E-state index in [-0.39, 0.29) is 16.1 Å². The maximum atomic E-state index is 12.6. The Morgan fingerprint density at radius 2 is 2.00 bits per heavy atom. The first kappa shape index (κ1) is 17.0. The van der Waals surface area contributed by atoms with Crippen molar-refractivity contribution in [3.8, 4) is 0 Å². The van der Waals surface area contributed by atoms with Crippen LogP contribution in [0.5, 0.6) is 0 Å². The number of imidazole rings is 1. The van der Waals surface area contributed by atoms with E-state index in [4.69, 9.17) is 0 Å². The first-order valence-corrected chi connectivity index (χ1v) is 9.90. The zero-order valence-corrected chi connectivity index (χ0v) is 15.5. The Morgan fingerprint density at radius 3 is 2.65 bits per heavy atom. The van der Waals surface area contributed by atoms with Gasteiger partial charge in [0.1, 0.15) is 0 Å². The summed E-state index contributed by atoms with van der Waals surface area (Å²) in [5, 5.41) is 0. The number of hydrogen-bond acceptors (Lipinski definition) is 4. The normalized spacial score (nSPS) is 16.1. The molecule has 4 rings (SSSR count). The molecule has 0 amide bonds. The van der Waals surface area contributed by atoms with Crippen LogP contribution in [0.3, 0.4) is 0 Å². The van der Waals surface area contributed by atoms with Crippen LogP contribution >= 0.6 is 0 Å². The standard InChI is InChI=1S/C18H20N4O3S/c1-18(7-8-18)20-26(24,25)14-5-6-15-16(10-14)21(2)17(23)22(15)12-13-4-3-9-19-11-13/h3-6,9-11,20H,7-8,12H2,1-2H3. The van der Waals surface area contributed by atoms with E-state index in [2.05, 4.69) is 9.71 Å². The molecule has 0 radical (unpaired) electrons. The van der Waals surface area contributed by atoms with E-state index in [0.717, 1.165) is 18.4 Å². The summed E-state index contributed by atoms with van der Waals surface area (Å²) in [5.74, 6) is 0. The molecule has 8 heteroatoms. The highest BCUT2D eigenvalue weighted by Gasteiger charge is 2.41. The molecule has 2 heterocycles.